The van der Waals surface area contributed by atoms with E-state index < -0.39 is 0 Å². The molecular formula is C24H24N2O. The van der Waals surface area contributed by atoms with E-state index in [4.69, 9.17) is 0 Å². The SMILES string of the molecule is O=C(c1cccc2ccccc12)N1CC[C@@H](N2CCc3ccccc3C2)C1. The summed E-state index contributed by atoms with van der Waals surface area (Å²) in [5, 5.41) is 2.19. The lowest BCUT2D eigenvalue weighted by Crippen LogP contribution is -2.41. The van der Waals surface area contributed by atoms with E-state index in [0.29, 0.717) is 6.04 Å². The van der Waals surface area contributed by atoms with Crippen molar-refractivity contribution in [2.75, 3.05) is 19.6 Å². The van der Waals surface area contributed by atoms with Gasteiger partial charge in [0.15, 0.2) is 0 Å². The highest BCUT2D eigenvalue weighted by molar-refractivity contribution is 6.07. The molecule has 2 aliphatic rings. The predicted octanol–water partition coefficient (Wildman–Crippen LogP) is 4.11. The molecule has 3 nitrogen and oxygen atoms in total. The van der Waals surface area contributed by atoms with Gasteiger partial charge >= 0.3 is 0 Å². The van der Waals surface area contributed by atoms with Crippen molar-refractivity contribution in [2.24, 2.45) is 0 Å². The van der Waals surface area contributed by atoms with E-state index in [-0.39, 0.29) is 5.91 Å². The third kappa shape index (κ3) is 3.02. The summed E-state index contributed by atoms with van der Waals surface area (Å²) in [5.41, 5.74) is 3.76. The van der Waals surface area contributed by atoms with Crippen molar-refractivity contribution in [2.45, 2.75) is 25.4 Å². The molecule has 136 valence electrons. The zero-order chi connectivity index (χ0) is 18.2. The number of carbonyl (C=O) groups excluding carboxylic acids is 1. The lowest BCUT2D eigenvalue weighted by atomic mass is 9.98. The standard InChI is InChI=1S/C24H24N2O/c27-24(23-11-5-9-19-7-3-4-10-22(19)23)26-15-13-21(17-26)25-14-12-18-6-1-2-8-20(18)16-25/h1-11,21H,12-17H2/t21-/m1/s1. The second kappa shape index (κ2) is 6.82. The third-order valence-corrected chi connectivity index (χ3v) is 6.15. The average Bonchev–Trinajstić information content (AvgIpc) is 3.23. The van der Waals surface area contributed by atoms with Crippen LogP contribution in [0.15, 0.2) is 66.7 Å². The molecule has 1 amide bonds. The Bertz CT molecular complexity index is 991. The van der Waals surface area contributed by atoms with Crippen molar-refractivity contribution in [1.29, 1.82) is 0 Å². The molecule has 2 heterocycles. The van der Waals surface area contributed by atoms with E-state index >= 15 is 0 Å². The van der Waals surface area contributed by atoms with Crippen molar-refractivity contribution in [3.8, 4) is 0 Å². The van der Waals surface area contributed by atoms with Gasteiger partial charge in [0.05, 0.1) is 0 Å². The summed E-state index contributed by atoms with van der Waals surface area (Å²) in [6.45, 7) is 3.80. The van der Waals surface area contributed by atoms with Crippen LogP contribution < -0.4 is 0 Å². The van der Waals surface area contributed by atoms with Crippen LogP contribution in [-0.2, 0) is 13.0 Å². The zero-order valence-electron chi connectivity index (χ0n) is 15.5. The van der Waals surface area contributed by atoms with Crippen LogP contribution >= 0.6 is 0 Å². The van der Waals surface area contributed by atoms with Gasteiger partial charge in [0, 0.05) is 37.8 Å². The van der Waals surface area contributed by atoms with Gasteiger partial charge in [-0.3, -0.25) is 9.69 Å². The number of benzene rings is 3. The Morgan fingerprint density at radius 1 is 0.852 bits per heavy atom. The number of likely N-dealkylation sites (tertiary alicyclic amines) is 1. The minimum atomic E-state index is 0.173. The van der Waals surface area contributed by atoms with Gasteiger partial charge in [-0.1, -0.05) is 60.7 Å². The van der Waals surface area contributed by atoms with Gasteiger partial charge in [0.2, 0.25) is 0 Å². The summed E-state index contributed by atoms with van der Waals surface area (Å²) in [7, 11) is 0. The first kappa shape index (κ1) is 16.5. The molecule has 5 rings (SSSR count). The zero-order valence-corrected chi connectivity index (χ0v) is 15.5. The van der Waals surface area contributed by atoms with Gasteiger partial charge in [0.1, 0.15) is 0 Å². The molecule has 0 N–H and O–H groups in total. The van der Waals surface area contributed by atoms with Gasteiger partial charge in [-0.15, -0.1) is 0 Å². The van der Waals surface area contributed by atoms with Crippen molar-refractivity contribution in [3.63, 3.8) is 0 Å². The highest BCUT2D eigenvalue weighted by Crippen LogP contribution is 2.26. The molecule has 0 aliphatic carbocycles. The van der Waals surface area contributed by atoms with Crippen LogP contribution in [0.1, 0.15) is 27.9 Å². The normalized spacial score (nSPS) is 20.0. The number of carbonyl (C=O) groups is 1. The Balaban J connectivity index is 1.33. The highest BCUT2D eigenvalue weighted by atomic mass is 16.2. The molecule has 3 aromatic rings. The Labute approximate surface area is 160 Å². The first-order valence-corrected chi connectivity index (χ1v) is 9.87. The van der Waals surface area contributed by atoms with Crippen molar-refractivity contribution in [1.82, 2.24) is 9.80 Å². The fourth-order valence-corrected chi connectivity index (χ4v) is 4.64. The first-order valence-electron chi connectivity index (χ1n) is 9.87. The van der Waals surface area contributed by atoms with Crippen molar-refractivity contribution < 1.29 is 4.79 Å². The first-order chi connectivity index (χ1) is 13.3. The molecule has 1 atom stereocenters. The Kier molecular flexibility index (Phi) is 4.17. The van der Waals surface area contributed by atoms with E-state index in [9.17, 15) is 4.79 Å². The van der Waals surface area contributed by atoms with E-state index in [1.54, 1.807) is 0 Å². The van der Waals surface area contributed by atoms with E-state index in [2.05, 4.69) is 47.4 Å². The maximum absolute atomic E-state index is 13.2. The molecule has 0 bridgehead atoms. The number of hydrogen-bond acceptors (Lipinski definition) is 2. The van der Waals surface area contributed by atoms with Crippen LogP contribution in [0.2, 0.25) is 0 Å². The van der Waals surface area contributed by atoms with Crippen LogP contribution in [0.5, 0.6) is 0 Å². The van der Waals surface area contributed by atoms with Crippen molar-refractivity contribution >= 4 is 16.7 Å². The van der Waals surface area contributed by atoms with Crippen LogP contribution in [0, 0.1) is 0 Å². The molecule has 0 spiro atoms. The topological polar surface area (TPSA) is 23.6 Å². The predicted molar refractivity (Wildman–Crippen MR) is 109 cm³/mol. The Morgan fingerprint density at radius 3 is 2.56 bits per heavy atom. The molecule has 0 radical (unpaired) electrons. The van der Waals surface area contributed by atoms with Crippen molar-refractivity contribution in [3.05, 3.63) is 83.4 Å². The summed E-state index contributed by atoms with van der Waals surface area (Å²) >= 11 is 0. The number of rotatable bonds is 2. The van der Waals surface area contributed by atoms with E-state index in [1.165, 1.54) is 11.1 Å². The average molecular weight is 356 g/mol. The quantitative estimate of drug-likeness (QED) is 0.690. The van der Waals surface area contributed by atoms with Gasteiger partial charge in [0.25, 0.3) is 5.91 Å². The third-order valence-electron chi connectivity index (χ3n) is 6.15. The number of amides is 1. The fraction of sp³-hybridized carbons (Fsp3) is 0.292. The summed E-state index contributed by atoms with van der Waals surface area (Å²) in [6, 6.07) is 23.4. The van der Waals surface area contributed by atoms with Crippen LogP contribution in [0.3, 0.4) is 0 Å². The van der Waals surface area contributed by atoms with Gasteiger partial charge in [-0.25, -0.2) is 0 Å². The van der Waals surface area contributed by atoms with Gasteiger partial charge in [-0.05, 0) is 40.8 Å². The maximum Gasteiger partial charge on any atom is 0.254 e. The van der Waals surface area contributed by atoms with Gasteiger partial charge in [-0.2, -0.15) is 0 Å². The van der Waals surface area contributed by atoms with Crippen LogP contribution in [-0.4, -0.2) is 41.4 Å². The second-order valence-electron chi connectivity index (χ2n) is 7.71. The Hall–Kier alpha value is -2.65. The fourth-order valence-electron chi connectivity index (χ4n) is 4.64. The smallest absolute Gasteiger partial charge is 0.254 e. The number of nitrogens with zero attached hydrogens (tertiary/aromatic N) is 2. The lowest BCUT2D eigenvalue weighted by Gasteiger charge is -2.33. The monoisotopic (exact) mass is 356 g/mol. The molecule has 0 saturated carbocycles. The molecule has 3 heteroatoms. The minimum absolute atomic E-state index is 0.173. The molecule has 0 aromatic heterocycles. The molecule has 1 saturated heterocycles. The summed E-state index contributed by atoms with van der Waals surface area (Å²) in [6.07, 6.45) is 2.18. The summed E-state index contributed by atoms with van der Waals surface area (Å²) in [5.74, 6) is 0.173. The highest BCUT2D eigenvalue weighted by Gasteiger charge is 2.32. The summed E-state index contributed by atoms with van der Waals surface area (Å²) in [4.78, 5) is 17.8. The lowest BCUT2D eigenvalue weighted by molar-refractivity contribution is 0.0775. The number of fused-ring (bicyclic) bond motifs is 2. The molecule has 2 aliphatic heterocycles. The largest absolute Gasteiger partial charge is 0.337 e. The molecule has 27 heavy (non-hydrogen) atoms. The van der Waals surface area contributed by atoms with E-state index in [0.717, 1.165) is 55.4 Å². The molecule has 0 unspecified atom stereocenters. The van der Waals surface area contributed by atoms with E-state index in [1.807, 2.05) is 29.2 Å². The molecule has 1 fully saturated rings. The summed E-state index contributed by atoms with van der Waals surface area (Å²) < 4.78 is 0. The van der Waals surface area contributed by atoms with Crippen LogP contribution in [0.25, 0.3) is 10.8 Å². The Morgan fingerprint density at radius 2 is 1.63 bits per heavy atom. The van der Waals surface area contributed by atoms with Crippen LogP contribution in [0.4, 0.5) is 0 Å². The number of hydrogen-bond donors (Lipinski definition) is 0. The van der Waals surface area contributed by atoms with Gasteiger partial charge < -0.3 is 4.90 Å². The second-order valence-corrected chi connectivity index (χ2v) is 7.71. The molecule has 3 aromatic carbocycles. The molecular weight excluding hydrogens is 332 g/mol. The minimum Gasteiger partial charge on any atom is -0.337 e. The maximum atomic E-state index is 13.2.